The lowest BCUT2D eigenvalue weighted by Crippen LogP contribution is -2.36. The molecule has 1 atom stereocenters. The summed E-state index contributed by atoms with van der Waals surface area (Å²) in [7, 11) is 0. The maximum atomic E-state index is 12.2. The third kappa shape index (κ3) is 8.37. The number of halogens is 2. The van der Waals surface area contributed by atoms with Gasteiger partial charge in [0.25, 0.3) is 0 Å². The lowest BCUT2D eigenvalue weighted by atomic mass is 10.0. The highest BCUT2D eigenvalue weighted by Gasteiger charge is 2.25. The van der Waals surface area contributed by atoms with E-state index in [9.17, 15) is 9.59 Å². The largest absolute Gasteiger partial charge is 0.465 e. The number of carbonyl (C=O) groups excluding carboxylic acids is 1. The summed E-state index contributed by atoms with van der Waals surface area (Å²) in [6.45, 7) is 6.76. The molecule has 2 heterocycles. The first kappa shape index (κ1) is 29.2. The molecule has 3 aromatic rings. The molecule has 1 unspecified atom stereocenters. The van der Waals surface area contributed by atoms with Gasteiger partial charge in [-0.25, -0.2) is 14.6 Å². The summed E-state index contributed by atoms with van der Waals surface area (Å²) in [6.07, 6.45) is 2.02. The van der Waals surface area contributed by atoms with Gasteiger partial charge < -0.3 is 25.4 Å². The van der Waals surface area contributed by atoms with E-state index < -0.39 is 17.8 Å². The van der Waals surface area contributed by atoms with Crippen molar-refractivity contribution < 1.29 is 19.4 Å². The van der Waals surface area contributed by atoms with Crippen LogP contribution in [0.25, 0.3) is 0 Å². The number of anilines is 4. The zero-order chi connectivity index (χ0) is 28.9. The van der Waals surface area contributed by atoms with Crippen molar-refractivity contribution >= 4 is 58.3 Å². The van der Waals surface area contributed by atoms with Crippen LogP contribution in [0.5, 0.6) is 0 Å². The second-order valence-electron chi connectivity index (χ2n) is 10.5. The number of carbonyl (C=O) groups is 2. The molecule has 40 heavy (non-hydrogen) atoms. The molecule has 212 valence electrons. The summed E-state index contributed by atoms with van der Waals surface area (Å²) in [5.41, 5.74) is 3.95. The van der Waals surface area contributed by atoms with Crippen LogP contribution in [-0.4, -0.2) is 52.0 Å². The molecule has 12 heteroatoms. The van der Waals surface area contributed by atoms with E-state index in [1.807, 2.05) is 63.2 Å². The van der Waals surface area contributed by atoms with Crippen molar-refractivity contribution in [1.29, 1.82) is 0 Å². The highest BCUT2D eigenvalue weighted by atomic mass is 35.5. The number of hydrogen-bond acceptors (Lipinski definition) is 7. The van der Waals surface area contributed by atoms with Crippen LogP contribution in [0.1, 0.15) is 38.3 Å². The highest BCUT2D eigenvalue weighted by Crippen LogP contribution is 2.31. The summed E-state index contributed by atoms with van der Waals surface area (Å²) in [5, 5.41) is 18.2. The molecule has 1 aliphatic rings. The Labute approximate surface area is 243 Å². The lowest BCUT2D eigenvalue weighted by Gasteiger charge is -2.23. The second-order valence-corrected chi connectivity index (χ2v) is 11.3. The summed E-state index contributed by atoms with van der Waals surface area (Å²) in [6, 6.07) is 13.5. The number of benzene rings is 2. The van der Waals surface area contributed by atoms with E-state index in [0.717, 1.165) is 35.5 Å². The average Bonchev–Trinajstić information content (AvgIpc) is 3.31. The minimum absolute atomic E-state index is 0.0812. The molecule has 4 rings (SSSR count). The third-order valence-corrected chi connectivity index (χ3v) is 6.63. The van der Waals surface area contributed by atoms with E-state index in [1.54, 1.807) is 0 Å². The molecule has 2 aromatic carbocycles. The van der Waals surface area contributed by atoms with Gasteiger partial charge in [-0.3, -0.25) is 5.32 Å². The molecule has 1 aromatic heterocycles. The van der Waals surface area contributed by atoms with Crippen molar-refractivity contribution in [3.63, 3.8) is 0 Å². The molecular weight excluding hydrogens is 555 g/mol. The van der Waals surface area contributed by atoms with E-state index in [-0.39, 0.29) is 11.3 Å². The molecule has 4 N–H and O–H groups in total. The van der Waals surface area contributed by atoms with Crippen molar-refractivity contribution in [2.75, 3.05) is 28.6 Å². The Morgan fingerprint density at radius 2 is 1.93 bits per heavy atom. The quantitative estimate of drug-likeness (QED) is 0.220. The predicted octanol–water partition coefficient (Wildman–Crippen LogP) is 6.51. The second kappa shape index (κ2) is 12.6. The summed E-state index contributed by atoms with van der Waals surface area (Å²) < 4.78 is 5.36. The normalized spacial score (nSPS) is 15.0. The number of hydrogen-bond donors (Lipinski definition) is 4. The summed E-state index contributed by atoms with van der Waals surface area (Å²) in [4.78, 5) is 33.6. The summed E-state index contributed by atoms with van der Waals surface area (Å²) in [5.74, 6) is 0.396. The maximum Gasteiger partial charge on any atom is 0.412 e. The Hall–Kier alpha value is -3.76. The van der Waals surface area contributed by atoms with Crippen molar-refractivity contribution in [2.45, 2.75) is 51.7 Å². The summed E-state index contributed by atoms with van der Waals surface area (Å²) >= 11 is 12.2. The molecule has 0 saturated carbocycles. The zero-order valence-corrected chi connectivity index (χ0v) is 24.0. The maximum absolute atomic E-state index is 12.2. The number of ether oxygens (including phenoxy) is 1. The number of nitrogens with zero attached hydrogens (tertiary/aromatic N) is 3. The minimum Gasteiger partial charge on any atom is -0.465 e. The van der Waals surface area contributed by atoms with Crippen molar-refractivity contribution in [3.05, 3.63) is 70.1 Å². The average molecular weight is 588 g/mol. The fraction of sp³-hybridized carbons (Fsp3) is 0.357. The number of aromatic nitrogens is 2. The predicted molar refractivity (Wildman–Crippen MR) is 157 cm³/mol. The molecule has 2 amide bonds. The van der Waals surface area contributed by atoms with Crippen molar-refractivity contribution in [2.24, 2.45) is 0 Å². The van der Waals surface area contributed by atoms with Crippen LogP contribution in [0.2, 0.25) is 10.3 Å². The van der Waals surface area contributed by atoms with E-state index in [1.165, 1.54) is 6.20 Å². The van der Waals surface area contributed by atoms with Crippen LogP contribution in [0, 0.1) is 0 Å². The Morgan fingerprint density at radius 3 is 2.67 bits per heavy atom. The topological polar surface area (TPSA) is 129 Å². The molecular formula is C28H32Cl2N6O4. The van der Waals surface area contributed by atoms with E-state index in [4.69, 9.17) is 33.0 Å². The molecule has 0 radical (unpaired) electrons. The third-order valence-electron chi connectivity index (χ3n) is 6.17. The molecule has 0 aliphatic carbocycles. The molecule has 1 aliphatic heterocycles. The Kier molecular flexibility index (Phi) is 9.21. The van der Waals surface area contributed by atoms with E-state index >= 15 is 0 Å². The van der Waals surface area contributed by atoms with Gasteiger partial charge in [-0.15, -0.1) is 0 Å². The standard InChI is InChI=1S/C28H32Cl2N6O4/c1-28(2,3)40-27(39)34-19-6-4-5-17(13-19)7-8-18-14-20(32-24-22(29)15-31-25(30)35-24)9-10-23(18)36-12-11-21(16-36)33-26(37)38/h4-6,9-10,13-15,21,33H,7-8,11-12,16H2,1-3H3,(H,34,39)(H,37,38)(H,31,32,35). The minimum atomic E-state index is -1.02. The number of nitrogens with one attached hydrogen (secondary N) is 3. The van der Waals surface area contributed by atoms with Crippen LogP contribution >= 0.6 is 23.2 Å². The molecule has 10 nitrogen and oxygen atoms in total. The van der Waals surface area contributed by atoms with Gasteiger partial charge in [0, 0.05) is 30.2 Å². The highest BCUT2D eigenvalue weighted by molar-refractivity contribution is 6.33. The van der Waals surface area contributed by atoms with Gasteiger partial charge in [0.15, 0.2) is 5.82 Å². The van der Waals surface area contributed by atoms with E-state index in [0.29, 0.717) is 35.9 Å². The number of amides is 2. The van der Waals surface area contributed by atoms with Gasteiger partial charge in [-0.2, -0.15) is 4.98 Å². The van der Waals surface area contributed by atoms with Crippen LogP contribution in [-0.2, 0) is 17.6 Å². The van der Waals surface area contributed by atoms with Crippen LogP contribution in [0.3, 0.4) is 0 Å². The van der Waals surface area contributed by atoms with Gasteiger partial charge in [-0.05, 0) is 93.1 Å². The van der Waals surface area contributed by atoms with Crippen LogP contribution in [0.4, 0.5) is 32.5 Å². The fourth-order valence-electron chi connectivity index (χ4n) is 4.52. The van der Waals surface area contributed by atoms with Gasteiger partial charge in [0.2, 0.25) is 5.28 Å². The first-order chi connectivity index (χ1) is 18.9. The van der Waals surface area contributed by atoms with Crippen LogP contribution < -0.4 is 20.9 Å². The zero-order valence-electron chi connectivity index (χ0n) is 22.5. The Bertz CT molecular complexity index is 1380. The molecule has 1 fully saturated rings. The first-order valence-corrected chi connectivity index (χ1v) is 13.6. The molecule has 0 spiro atoms. The van der Waals surface area contributed by atoms with Crippen LogP contribution in [0.15, 0.2) is 48.7 Å². The Morgan fingerprint density at radius 1 is 1.12 bits per heavy atom. The molecule has 0 bridgehead atoms. The number of aryl methyl sites for hydroxylation is 2. The monoisotopic (exact) mass is 586 g/mol. The van der Waals surface area contributed by atoms with Gasteiger partial charge in [0.1, 0.15) is 10.6 Å². The first-order valence-electron chi connectivity index (χ1n) is 12.9. The smallest absolute Gasteiger partial charge is 0.412 e. The van der Waals surface area contributed by atoms with Crippen molar-refractivity contribution in [1.82, 2.24) is 15.3 Å². The van der Waals surface area contributed by atoms with Gasteiger partial charge in [0.05, 0.1) is 12.2 Å². The number of rotatable bonds is 8. The van der Waals surface area contributed by atoms with Gasteiger partial charge >= 0.3 is 12.2 Å². The van der Waals surface area contributed by atoms with Crippen molar-refractivity contribution in [3.8, 4) is 0 Å². The lowest BCUT2D eigenvalue weighted by molar-refractivity contribution is 0.0636. The number of carboxylic acid groups (broad SMARTS) is 1. The molecule has 1 saturated heterocycles. The fourth-order valence-corrected chi connectivity index (χ4v) is 4.79. The Balaban J connectivity index is 1.54. The van der Waals surface area contributed by atoms with E-state index in [2.05, 4.69) is 30.8 Å². The van der Waals surface area contributed by atoms with Gasteiger partial charge in [-0.1, -0.05) is 23.7 Å². The SMILES string of the molecule is CC(C)(C)OC(=O)Nc1cccc(CCc2cc(Nc3nc(Cl)ncc3Cl)ccc2N2CCC(NC(=O)O)C2)c1.